The number of fused-ring (bicyclic) bond motifs is 3. The molecule has 212 valence electrons. The molecular formula is C35H39FN4O. The number of hydrogen-bond donors (Lipinski definition) is 0. The van der Waals surface area contributed by atoms with Crippen LogP contribution in [-0.4, -0.2) is 57.0 Å². The number of aryl methyl sites for hydroxylation is 1. The highest BCUT2D eigenvalue weighted by Crippen LogP contribution is 2.45. The lowest BCUT2D eigenvalue weighted by molar-refractivity contribution is 0.0603. The van der Waals surface area contributed by atoms with Gasteiger partial charge in [-0.25, -0.2) is 9.37 Å². The lowest BCUT2D eigenvalue weighted by Gasteiger charge is -2.45. The lowest BCUT2D eigenvalue weighted by Crippen LogP contribution is -2.49. The fourth-order valence-electron chi connectivity index (χ4n) is 8.21. The van der Waals surface area contributed by atoms with Gasteiger partial charge in [0.15, 0.2) is 0 Å². The van der Waals surface area contributed by atoms with Crippen LogP contribution in [-0.2, 0) is 5.41 Å². The van der Waals surface area contributed by atoms with Gasteiger partial charge >= 0.3 is 0 Å². The molecule has 0 spiro atoms. The van der Waals surface area contributed by atoms with Crippen LogP contribution in [0.5, 0.6) is 0 Å². The molecule has 0 radical (unpaired) electrons. The predicted octanol–water partition coefficient (Wildman–Crippen LogP) is 6.92. The number of carbonyl (C=O) groups excluding carboxylic acids is 1. The summed E-state index contributed by atoms with van der Waals surface area (Å²) in [4.78, 5) is 22.7. The average Bonchev–Trinajstić information content (AvgIpc) is 3.47. The van der Waals surface area contributed by atoms with Gasteiger partial charge in [0.25, 0.3) is 5.91 Å². The molecule has 2 bridgehead atoms. The van der Waals surface area contributed by atoms with E-state index in [1.54, 1.807) is 18.2 Å². The van der Waals surface area contributed by atoms with Gasteiger partial charge in [0.05, 0.1) is 16.6 Å². The first-order valence-electron chi connectivity index (χ1n) is 15.3. The van der Waals surface area contributed by atoms with Crippen molar-refractivity contribution in [3.05, 3.63) is 102 Å². The van der Waals surface area contributed by atoms with Crippen LogP contribution >= 0.6 is 0 Å². The van der Waals surface area contributed by atoms with Crippen LogP contribution < -0.4 is 0 Å². The van der Waals surface area contributed by atoms with Crippen molar-refractivity contribution in [1.82, 2.24) is 19.4 Å². The van der Waals surface area contributed by atoms with Gasteiger partial charge in [0.1, 0.15) is 11.6 Å². The highest BCUT2D eigenvalue weighted by atomic mass is 19.1. The maximum absolute atomic E-state index is 14.4. The molecule has 1 aromatic heterocycles. The molecule has 3 atom stereocenters. The Labute approximate surface area is 242 Å². The van der Waals surface area contributed by atoms with Gasteiger partial charge in [-0.3, -0.25) is 9.69 Å². The Morgan fingerprint density at radius 1 is 0.878 bits per heavy atom. The number of halogens is 1. The van der Waals surface area contributed by atoms with E-state index in [-0.39, 0.29) is 16.9 Å². The first-order valence-corrected chi connectivity index (χ1v) is 15.3. The number of benzene rings is 3. The van der Waals surface area contributed by atoms with Crippen molar-refractivity contribution in [3.63, 3.8) is 0 Å². The third-order valence-electron chi connectivity index (χ3n) is 10.3. The van der Waals surface area contributed by atoms with Crippen LogP contribution in [0, 0.1) is 12.7 Å². The third-order valence-corrected chi connectivity index (χ3v) is 10.3. The summed E-state index contributed by atoms with van der Waals surface area (Å²) in [6, 6.07) is 27.5. The molecule has 3 aliphatic heterocycles. The number of para-hydroxylation sites is 2. The minimum absolute atomic E-state index is 0.0285. The number of piperidine rings is 2. The minimum atomic E-state index is -0.435. The molecule has 6 heteroatoms. The highest BCUT2D eigenvalue weighted by Gasteiger charge is 2.44. The zero-order valence-corrected chi connectivity index (χ0v) is 23.9. The monoisotopic (exact) mass is 550 g/mol. The second-order valence-corrected chi connectivity index (χ2v) is 12.4. The fraction of sp³-hybridized carbons (Fsp3) is 0.429. The molecule has 7 rings (SSSR count). The number of hydrogen-bond acceptors (Lipinski definition) is 3. The Bertz CT molecular complexity index is 1530. The second-order valence-electron chi connectivity index (χ2n) is 12.4. The number of nitrogens with zero attached hydrogens (tertiary/aromatic N) is 4. The molecule has 3 fully saturated rings. The van der Waals surface area contributed by atoms with Gasteiger partial charge in [-0.2, -0.15) is 0 Å². The summed E-state index contributed by atoms with van der Waals surface area (Å²) in [6.45, 7) is 4.55. The molecule has 3 aromatic carbocycles. The normalized spacial score (nSPS) is 24.1. The van der Waals surface area contributed by atoms with E-state index in [0.29, 0.717) is 31.2 Å². The van der Waals surface area contributed by atoms with Crippen molar-refractivity contribution in [2.24, 2.45) is 0 Å². The summed E-state index contributed by atoms with van der Waals surface area (Å²) in [7, 11) is 0. The SMILES string of the molecule is Cc1nc2ccccc2n1C1C[C@H]2CC[C@@H](C1)N2CCC1(c2ccccc2)CCN(C(=O)c2ccccc2F)CC1. The molecule has 0 N–H and O–H groups in total. The average molecular weight is 551 g/mol. The standard InChI is InChI=1S/C35H39FN4O/c1-25-37-32-13-7-8-14-33(32)40(25)29-23-27-15-16-28(24-29)39(27)22-19-35(26-9-3-2-4-10-26)17-20-38(21-18-35)34(41)30-11-5-6-12-31(30)36/h2-14,27-29H,15-24H2,1H3/t27-,28+,29?. The number of carbonyl (C=O) groups is 1. The van der Waals surface area contributed by atoms with Crippen LogP contribution in [0.3, 0.4) is 0 Å². The summed E-state index contributed by atoms with van der Waals surface area (Å²) in [5.41, 5.74) is 3.95. The van der Waals surface area contributed by atoms with Gasteiger partial charge in [-0.1, -0.05) is 54.6 Å². The molecular weight excluding hydrogens is 511 g/mol. The van der Waals surface area contributed by atoms with Gasteiger partial charge < -0.3 is 9.47 Å². The zero-order chi connectivity index (χ0) is 28.0. The predicted molar refractivity (Wildman–Crippen MR) is 161 cm³/mol. The van der Waals surface area contributed by atoms with E-state index in [1.165, 1.54) is 42.8 Å². The summed E-state index contributed by atoms with van der Waals surface area (Å²) >= 11 is 0. The van der Waals surface area contributed by atoms with Crippen molar-refractivity contribution in [2.75, 3.05) is 19.6 Å². The Kier molecular flexibility index (Phi) is 6.90. The largest absolute Gasteiger partial charge is 0.338 e. The van der Waals surface area contributed by atoms with Crippen molar-refractivity contribution in [1.29, 1.82) is 0 Å². The molecule has 5 nitrogen and oxygen atoms in total. The fourth-order valence-corrected chi connectivity index (χ4v) is 8.21. The maximum Gasteiger partial charge on any atom is 0.256 e. The zero-order valence-electron chi connectivity index (χ0n) is 23.9. The number of likely N-dealkylation sites (tertiary alicyclic amines) is 1. The summed E-state index contributed by atoms with van der Waals surface area (Å²) in [5.74, 6) is 0.506. The van der Waals surface area contributed by atoms with Crippen LogP contribution in [0.15, 0.2) is 78.9 Å². The van der Waals surface area contributed by atoms with Crippen molar-refractivity contribution < 1.29 is 9.18 Å². The van der Waals surface area contributed by atoms with Gasteiger partial charge in [-0.05, 0) is 93.7 Å². The number of imidazole rings is 1. The van der Waals surface area contributed by atoms with E-state index in [1.807, 2.05) is 4.90 Å². The number of rotatable bonds is 6. The topological polar surface area (TPSA) is 41.4 Å². The second kappa shape index (κ2) is 10.7. The van der Waals surface area contributed by atoms with Crippen molar-refractivity contribution in [2.45, 2.75) is 75.4 Å². The molecule has 0 saturated carbocycles. The maximum atomic E-state index is 14.4. The van der Waals surface area contributed by atoms with E-state index in [4.69, 9.17) is 4.98 Å². The van der Waals surface area contributed by atoms with E-state index in [2.05, 4.69) is 71.0 Å². The Balaban J connectivity index is 1.07. The van der Waals surface area contributed by atoms with Crippen molar-refractivity contribution in [3.8, 4) is 0 Å². The van der Waals surface area contributed by atoms with Crippen LogP contribution in [0.4, 0.5) is 4.39 Å². The first-order chi connectivity index (χ1) is 20.0. The van der Waals surface area contributed by atoms with Gasteiger partial charge in [-0.15, -0.1) is 0 Å². The highest BCUT2D eigenvalue weighted by molar-refractivity contribution is 5.94. The smallest absolute Gasteiger partial charge is 0.256 e. The van der Waals surface area contributed by atoms with E-state index >= 15 is 0 Å². The van der Waals surface area contributed by atoms with E-state index in [0.717, 1.165) is 37.1 Å². The number of amides is 1. The summed E-state index contributed by atoms with van der Waals surface area (Å²) in [6.07, 6.45) is 7.81. The molecule has 3 aliphatic rings. The first kappa shape index (κ1) is 26.4. The molecule has 41 heavy (non-hydrogen) atoms. The van der Waals surface area contributed by atoms with Crippen LogP contribution in [0.2, 0.25) is 0 Å². The minimum Gasteiger partial charge on any atom is -0.338 e. The third kappa shape index (κ3) is 4.76. The molecule has 4 aromatic rings. The Hall–Kier alpha value is -3.51. The lowest BCUT2D eigenvalue weighted by atomic mass is 9.70. The Morgan fingerprint density at radius 2 is 1.54 bits per heavy atom. The summed E-state index contributed by atoms with van der Waals surface area (Å²) < 4.78 is 16.9. The number of aromatic nitrogens is 2. The van der Waals surface area contributed by atoms with E-state index < -0.39 is 5.82 Å². The van der Waals surface area contributed by atoms with Crippen molar-refractivity contribution >= 4 is 16.9 Å². The molecule has 4 heterocycles. The van der Waals surface area contributed by atoms with Crippen LogP contribution in [0.1, 0.15) is 72.7 Å². The van der Waals surface area contributed by atoms with Gasteiger partial charge in [0, 0.05) is 31.2 Å². The molecule has 3 saturated heterocycles. The summed E-state index contributed by atoms with van der Waals surface area (Å²) in [5, 5.41) is 0. The molecule has 1 amide bonds. The van der Waals surface area contributed by atoms with E-state index in [9.17, 15) is 9.18 Å². The van der Waals surface area contributed by atoms with Gasteiger partial charge in [0.2, 0.25) is 0 Å². The molecule has 0 aliphatic carbocycles. The molecule has 1 unspecified atom stereocenters. The van der Waals surface area contributed by atoms with Crippen LogP contribution in [0.25, 0.3) is 11.0 Å². The Morgan fingerprint density at radius 3 is 2.27 bits per heavy atom. The quantitative estimate of drug-likeness (QED) is 0.262.